The highest BCUT2D eigenvalue weighted by Crippen LogP contribution is 2.32. The van der Waals surface area contributed by atoms with E-state index in [1.54, 1.807) is 32.1 Å². The number of pyridine rings is 1. The lowest BCUT2D eigenvalue weighted by molar-refractivity contribution is 0.0625. The van der Waals surface area contributed by atoms with Crippen LogP contribution in [0.25, 0.3) is 10.9 Å². The Hall–Kier alpha value is -4.20. The number of anilines is 4. The molecule has 0 bridgehead atoms. The van der Waals surface area contributed by atoms with Crippen LogP contribution in [0.4, 0.5) is 36.7 Å². The van der Waals surface area contributed by atoms with Gasteiger partial charge in [0, 0.05) is 38.8 Å². The van der Waals surface area contributed by atoms with Crippen LogP contribution >= 0.6 is 0 Å². The molecule has 0 aliphatic carbocycles. The van der Waals surface area contributed by atoms with Gasteiger partial charge in [0.05, 0.1) is 24.3 Å². The third-order valence-electron chi connectivity index (χ3n) is 5.79. The largest absolute Gasteiger partial charge is 0.465 e. The maximum atomic E-state index is 15.0. The van der Waals surface area contributed by atoms with Crippen LogP contribution in [-0.2, 0) is 11.8 Å². The summed E-state index contributed by atoms with van der Waals surface area (Å²) in [7, 11) is 5.17. The van der Waals surface area contributed by atoms with Gasteiger partial charge in [-0.25, -0.2) is 18.6 Å². The van der Waals surface area contributed by atoms with Crippen LogP contribution < -0.4 is 26.6 Å². The standard InChI is InChI=1S/C22H26F2N8O4/c1-31(2)21-11-6-10(7-13(23)17(11)32(3)30-21)26-19-12(18(25)33)8-14(24)20(29-19)27-15-4-5-36-9-16(15)28-22(34)35/h6-8,15-16,28H,4-5,9H2,1-3H3,(H2,25,33)(H,34,35)(H2,26,27,29)/t15-,16+/m1/s1. The summed E-state index contributed by atoms with van der Waals surface area (Å²) >= 11 is 0. The first-order valence-electron chi connectivity index (χ1n) is 11.0. The summed E-state index contributed by atoms with van der Waals surface area (Å²) in [6, 6.07) is 2.57. The van der Waals surface area contributed by atoms with E-state index in [1.807, 2.05) is 0 Å². The lowest BCUT2D eigenvalue weighted by Crippen LogP contribution is -2.52. The molecular weight excluding hydrogens is 478 g/mol. The van der Waals surface area contributed by atoms with Crippen molar-refractivity contribution in [3.8, 4) is 0 Å². The molecule has 2 atom stereocenters. The van der Waals surface area contributed by atoms with Gasteiger partial charge in [0.15, 0.2) is 23.3 Å². The van der Waals surface area contributed by atoms with Gasteiger partial charge in [-0.3, -0.25) is 9.48 Å². The topological polar surface area (TPSA) is 160 Å². The Bertz CT molecular complexity index is 1330. The molecule has 0 unspecified atom stereocenters. The van der Waals surface area contributed by atoms with Crippen molar-refractivity contribution in [2.45, 2.75) is 18.5 Å². The highest BCUT2D eigenvalue weighted by Gasteiger charge is 2.29. The molecule has 1 aliphatic heterocycles. The van der Waals surface area contributed by atoms with E-state index in [0.29, 0.717) is 24.2 Å². The fourth-order valence-electron chi connectivity index (χ4n) is 4.14. The fraction of sp³-hybridized carbons (Fsp3) is 0.364. The number of nitrogens with two attached hydrogens (primary N) is 1. The second-order valence-electron chi connectivity index (χ2n) is 8.57. The van der Waals surface area contributed by atoms with E-state index in [2.05, 4.69) is 26.0 Å². The Morgan fingerprint density at radius 1 is 1.19 bits per heavy atom. The zero-order valence-electron chi connectivity index (χ0n) is 19.8. The first-order chi connectivity index (χ1) is 17.0. The molecule has 1 saturated heterocycles. The molecule has 192 valence electrons. The van der Waals surface area contributed by atoms with E-state index in [-0.39, 0.29) is 35.0 Å². The third kappa shape index (κ3) is 4.93. The van der Waals surface area contributed by atoms with Crippen molar-refractivity contribution >= 4 is 46.0 Å². The summed E-state index contributed by atoms with van der Waals surface area (Å²) in [5.74, 6) is -2.18. The Morgan fingerprint density at radius 3 is 2.61 bits per heavy atom. The van der Waals surface area contributed by atoms with Crippen molar-refractivity contribution in [2.75, 3.05) is 42.8 Å². The van der Waals surface area contributed by atoms with E-state index in [4.69, 9.17) is 15.6 Å². The highest BCUT2D eigenvalue weighted by molar-refractivity contribution is 5.99. The molecule has 2 aromatic heterocycles. The Labute approximate surface area is 204 Å². The zero-order chi connectivity index (χ0) is 26.1. The minimum atomic E-state index is -1.25. The predicted molar refractivity (Wildman–Crippen MR) is 129 cm³/mol. The maximum absolute atomic E-state index is 15.0. The fourth-order valence-corrected chi connectivity index (χ4v) is 4.14. The summed E-state index contributed by atoms with van der Waals surface area (Å²) in [5.41, 5.74) is 5.72. The van der Waals surface area contributed by atoms with Gasteiger partial charge in [-0.2, -0.15) is 5.10 Å². The van der Waals surface area contributed by atoms with Crippen molar-refractivity contribution in [2.24, 2.45) is 12.8 Å². The molecule has 6 N–H and O–H groups in total. The van der Waals surface area contributed by atoms with Crippen LogP contribution in [0.2, 0.25) is 0 Å². The van der Waals surface area contributed by atoms with Crippen LogP contribution in [-0.4, -0.2) is 71.3 Å². The van der Waals surface area contributed by atoms with E-state index < -0.39 is 35.7 Å². The number of ether oxygens (including phenoxy) is 1. The molecule has 2 amide bonds. The van der Waals surface area contributed by atoms with E-state index >= 15 is 0 Å². The number of amides is 2. The number of carbonyl (C=O) groups excluding carboxylic acids is 1. The second-order valence-corrected chi connectivity index (χ2v) is 8.57. The van der Waals surface area contributed by atoms with Gasteiger partial charge in [0.1, 0.15) is 11.3 Å². The Kier molecular flexibility index (Phi) is 6.79. The molecule has 0 saturated carbocycles. The number of hydrogen-bond acceptors (Lipinski definition) is 8. The summed E-state index contributed by atoms with van der Waals surface area (Å²) in [4.78, 5) is 29.1. The average Bonchev–Trinajstić information content (AvgIpc) is 3.13. The molecule has 3 heterocycles. The molecule has 36 heavy (non-hydrogen) atoms. The van der Waals surface area contributed by atoms with Crippen LogP contribution in [0, 0.1) is 11.6 Å². The van der Waals surface area contributed by atoms with E-state index in [1.165, 1.54) is 10.7 Å². The van der Waals surface area contributed by atoms with Crippen molar-refractivity contribution in [3.63, 3.8) is 0 Å². The molecule has 1 aliphatic rings. The van der Waals surface area contributed by atoms with Crippen LogP contribution in [0.1, 0.15) is 16.8 Å². The molecule has 12 nitrogen and oxygen atoms in total. The van der Waals surface area contributed by atoms with Crippen molar-refractivity contribution < 1.29 is 28.2 Å². The van der Waals surface area contributed by atoms with Gasteiger partial charge in [-0.05, 0) is 24.6 Å². The monoisotopic (exact) mass is 504 g/mol. The van der Waals surface area contributed by atoms with Crippen LogP contribution in [0.5, 0.6) is 0 Å². The van der Waals surface area contributed by atoms with Crippen molar-refractivity contribution in [3.05, 3.63) is 35.4 Å². The van der Waals surface area contributed by atoms with E-state index in [0.717, 1.165) is 6.07 Å². The number of carbonyl (C=O) groups is 2. The number of aromatic nitrogens is 3. The lowest BCUT2D eigenvalue weighted by Gasteiger charge is -2.32. The number of primary amides is 1. The summed E-state index contributed by atoms with van der Waals surface area (Å²) in [6.45, 7) is 0.425. The number of aryl methyl sites for hydroxylation is 1. The van der Waals surface area contributed by atoms with Gasteiger partial charge in [0.25, 0.3) is 5.91 Å². The average molecular weight is 504 g/mol. The number of fused-ring (bicyclic) bond motifs is 1. The van der Waals surface area contributed by atoms with Crippen molar-refractivity contribution in [1.82, 2.24) is 20.1 Å². The Balaban J connectivity index is 1.71. The predicted octanol–water partition coefficient (Wildman–Crippen LogP) is 1.99. The van der Waals surface area contributed by atoms with Crippen molar-refractivity contribution in [1.29, 1.82) is 0 Å². The molecular formula is C22H26F2N8O4. The highest BCUT2D eigenvalue weighted by atomic mass is 19.1. The number of benzene rings is 1. The first-order valence-corrected chi connectivity index (χ1v) is 11.0. The zero-order valence-corrected chi connectivity index (χ0v) is 19.8. The smallest absolute Gasteiger partial charge is 0.405 e. The number of rotatable bonds is 7. The van der Waals surface area contributed by atoms with Gasteiger partial charge >= 0.3 is 6.09 Å². The molecule has 14 heteroatoms. The number of carboxylic acid groups (broad SMARTS) is 1. The minimum absolute atomic E-state index is 0.0919. The Morgan fingerprint density at radius 2 is 1.94 bits per heavy atom. The molecule has 0 spiro atoms. The van der Waals surface area contributed by atoms with Gasteiger partial charge in [-0.1, -0.05) is 0 Å². The molecule has 3 aromatic rings. The number of nitrogens with zero attached hydrogens (tertiary/aromatic N) is 4. The lowest BCUT2D eigenvalue weighted by atomic mass is 10.0. The minimum Gasteiger partial charge on any atom is -0.465 e. The van der Waals surface area contributed by atoms with E-state index in [9.17, 15) is 18.4 Å². The van der Waals surface area contributed by atoms with Crippen LogP contribution in [0.3, 0.4) is 0 Å². The van der Waals surface area contributed by atoms with Gasteiger partial charge < -0.3 is 36.4 Å². The quantitative estimate of drug-likeness (QED) is 0.324. The molecule has 4 rings (SSSR count). The number of hydrogen-bond donors (Lipinski definition) is 5. The molecule has 0 radical (unpaired) electrons. The number of nitrogens with one attached hydrogen (secondary N) is 3. The summed E-state index contributed by atoms with van der Waals surface area (Å²) in [6.07, 6.45) is -0.870. The maximum Gasteiger partial charge on any atom is 0.405 e. The summed E-state index contributed by atoms with van der Waals surface area (Å²) in [5, 5.41) is 22.0. The normalized spacial score (nSPS) is 17.6. The SMILES string of the molecule is CN(C)c1nn(C)c2c(F)cc(Nc3nc(N[C@@H]4CCOC[C@@H]4NC(=O)O)c(F)cc3C(N)=O)cc12. The number of halogens is 2. The summed E-state index contributed by atoms with van der Waals surface area (Å²) < 4.78 is 36.6. The van der Waals surface area contributed by atoms with Gasteiger partial charge in [0.2, 0.25) is 0 Å². The third-order valence-corrected chi connectivity index (χ3v) is 5.79. The molecule has 1 fully saturated rings. The second kappa shape index (κ2) is 9.81. The first kappa shape index (κ1) is 24.9. The van der Waals surface area contributed by atoms with Crippen LogP contribution in [0.15, 0.2) is 18.2 Å². The van der Waals surface area contributed by atoms with Gasteiger partial charge in [-0.15, -0.1) is 0 Å². The molecule has 1 aromatic carbocycles.